The lowest BCUT2D eigenvalue weighted by molar-refractivity contribution is -0.139. The van der Waals surface area contributed by atoms with Gasteiger partial charge in [-0.3, -0.25) is 13.9 Å². The summed E-state index contributed by atoms with van der Waals surface area (Å²) in [5.41, 5.74) is 0.153. The number of rotatable bonds is 9. The van der Waals surface area contributed by atoms with Gasteiger partial charge in [-0.1, -0.05) is 48.5 Å². The van der Waals surface area contributed by atoms with Crippen LogP contribution in [-0.2, 0) is 26.2 Å². The lowest BCUT2D eigenvalue weighted by Gasteiger charge is -2.33. The molecule has 0 aromatic heterocycles. The lowest BCUT2D eigenvalue weighted by atomic mass is 9.95. The Hall–Kier alpha value is -2.43. The number of carbonyl (C=O) groups excluding carboxylic acids is 2. The van der Waals surface area contributed by atoms with Gasteiger partial charge < -0.3 is 10.2 Å². The van der Waals surface area contributed by atoms with E-state index in [1.807, 2.05) is 0 Å². The van der Waals surface area contributed by atoms with Gasteiger partial charge in [-0.2, -0.15) is 0 Å². The number of nitrogens with zero attached hydrogens (tertiary/aromatic N) is 2. The second kappa shape index (κ2) is 12.4. The molecular formula is C25H29Cl2F2N3O4S. The van der Waals surface area contributed by atoms with Gasteiger partial charge in [0.1, 0.15) is 12.6 Å². The van der Waals surface area contributed by atoms with Gasteiger partial charge in [0.25, 0.3) is 0 Å². The van der Waals surface area contributed by atoms with E-state index in [9.17, 15) is 26.8 Å². The first-order chi connectivity index (χ1) is 17.4. The van der Waals surface area contributed by atoms with Crippen LogP contribution in [-0.4, -0.2) is 50.0 Å². The highest BCUT2D eigenvalue weighted by molar-refractivity contribution is 7.92. The zero-order valence-corrected chi connectivity index (χ0v) is 22.8. The molecule has 7 nitrogen and oxygen atoms in total. The summed E-state index contributed by atoms with van der Waals surface area (Å²) in [6.45, 7) is 0.599. The third kappa shape index (κ3) is 7.55. The molecule has 0 spiro atoms. The van der Waals surface area contributed by atoms with Gasteiger partial charge in [-0.05, 0) is 44.0 Å². The SMILES string of the molecule is CC(C(=O)NC1CCCCC1)N(Cc1c(Cl)cccc1Cl)C(=O)CN(c1ccc(F)c(F)c1)S(C)(=O)=O. The van der Waals surface area contributed by atoms with Gasteiger partial charge in [0.05, 0.1) is 11.9 Å². The summed E-state index contributed by atoms with van der Waals surface area (Å²) in [7, 11) is -4.09. The normalized spacial score (nSPS) is 15.2. The monoisotopic (exact) mass is 575 g/mol. The second-order valence-electron chi connectivity index (χ2n) is 9.11. The fraction of sp³-hybridized carbons (Fsp3) is 0.440. The van der Waals surface area contributed by atoms with Gasteiger partial charge >= 0.3 is 0 Å². The minimum atomic E-state index is -4.09. The molecule has 0 bridgehead atoms. The van der Waals surface area contributed by atoms with Crippen molar-refractivity contribution < 1.29 is 26.8 Å². The minimum Gasteiger partial charge on any atom is -0.352 e. The molecule has 1 saturated carbocycles. The summed E-state index contributed by atoms with van der Waals surface area (Å²) >= 11 is 12.6. The van der Waals surface area contributed by atoms with Crippen molar-refractivity contribution in [3.05, 3.63) is 63.6 Å². The molecule has 1 aliphatic carbocycles. The number of benzene rings is 2. The summed E-state index contributed by atoms with van der Waals surface area (Å²) in [5, 5.41) is 3.51. The lowest BCUT2D eigenvalue weighted by Crippen LogP contribution is -2.53. The van der Waals surface area contributed by atoms with Gasteiger partial charge in [0.15, 0.2) is 11.6 Å². The highest BCUT2D eigenvalue weighted by Gasteiger charge is 2.32. The number of sulfonamides is 1. The molecule has 2 amide bonds. The van der Waals surface area contributed by atoms with E-state index in [1.165, 1.54) is 11.8 Å². The first-order valence-corrected chi connectivity index (χ1v) is 14.4. The summed E-state index contributed by atoms with van der Waals surface area (Å²) in [6, 6.07) is 6.31. The van der Waals surface area contributed by atoms with Crippen LogP contribution in [0.1, 0.15) is 44.6 Å². The third-order valence-electron chi connectivity index (χ3n) is 6.38. The highest BCUT2D eigenvalue weighted by atomic mass is 35.5. The van der Waals surface area contributed by atoms with Gasteiger partial charge in [-0.25, -0.2) is 17.2 Å². The van der Waals surface area contributed by atoms with Crippen LogP contribution in [0.5, 0.6) is 0 Å². The maximum atomic E-state index is 13.9. The molecular weight excluding hydrogens is 547 g/mol. The zero-order valence-electron chi connectivity index (χ0n) is 20.5. The van der Waals surface area contributed by atoms with Crippen LogP contribution in [0.25, 0.3) is 0 Å². The van der Waals surface area contributed by atoms with Crippen LogP contribution in [0.2, 0.25) is 10.0 Å². The molecule has 37 heavy (non-hydrogen) atoms. The minimum absolute atomic E-state index is 0.0146. The van der Waals surface area contributed by atoms with E-state index in [1.54, 1.807) is 18.2 Å². The van der Waals surface area contributed by atoms with Crippen LogP contribution < -0.4 is 9.62 Å². The van der Waals surface area contributed by atoms with E-state index in [-0.39, 0.29) is 28.3 Å². The molecule has 2 aromatic carbocycles. The number of anilines is 1. The molecule has 1 fully saturated rings. The average Bonchev–Trinajstić information content (AvgIpc) is 2.83. The van der Waals surface area contributed by atoms with E-state index < -0.39 is 46.1 Å². The van der Waals surface area contributed by atoms with Crippen molar-refractivity contribution in [2.45, 2.75) is 57.7 Å². The summed E-state index contributed by atoms with van der Waals surface area (Å²) < 4.78 is 53.1. The quantitative estimate of drug-likeness (QED) is 0.460. The molecule has 2 aromatic rings. The fourth-order valence-corrected chi connectivity index (χ4v) is 5.62. The summed E-state index contributed by atoms with van der Waals surface area (Å²) in [4.78, 5) is 27.9. The molecule has 0 radical (unpaired) electrons. The van der Waals surface area contributed by atoms with Crippen molar-refractivity contribution in [1.82, 2.24) is 10.2 Å². The Bertz CT molecular complexity index is 1240. The van der Waals surface area contributed by atoms with Crippen molar-refractivity contribution >= 4 is 50.7 Å². The number of hydrogen-bond donors (Lipinski definition) is 1. The number of carbonyl (C=O) groups is 2. The highest BCUT2D eigenvalue weighted by Crippen LogP contribution is 2.28. The largest absolute Gasteiger partial charge is 0.352 e. The van der Waals surface area contributed by atoms with Crippen molar-refractivity contribution in [3.8, 4) is 0 Å². The molecule has 1 aliphatic rings. The van der Waals surface area contributed by atoms with Crippen molar-refractivity contribution in [3.63, 3.8) is 0 Å². The Labute approximate surface area is 225 Å². The van der Waals surface area contributed by atoms with Gasteiger partial charge in [-0.15, -0.1) is 0 Å². The predicted molar refractivity (Wildman–Crippen MR) is 140 cm³/mol. The van der Waals surface area contributed by atoms with Crippen molar-refractivity contribution in [1.29, 1.82) is 0 Å². The molecule has 0 saturated heterocycles. The number of halogens is 4. The molecule has 1 atom stereocenters. The fourth-order valence-electron chi connectivity index (χ4n) is 4.26. The summed E-state index contributed by atoms with van der Waals surface area (Å²) in [6.07, 6.45) is 5.60. The van der Waals surface area contributed by atoms with E-state index in [0.717, 1.165) is 50.5 Å². The smallest absolute Gasteiger partial charge is 0.244 e. The van der Waals surface area contributed by atoms with E-state index in [0.29, 0.717) is 15.9 Å². The number of hydrogen-bond acceptors (Lipinski definition) is 4. The topological polar surface area (TPSA) is 86.8 Å². The van der Waals surface area contributed by atoms with E-state index in [2.05, 4.69) is 5.32 Å². The third-order valence-corrected chi connectivity index (χ3v) is 8.23. The number of nitrogens with one attached hydrogen (secondary N) is 1. The molecule has 202 valence electrons. The molecule has 0 heterocycles. The number of amides is 2. The molecule has 1 unspecified atom stereocenters. The first-order valence-electron chi connectivity index (χ1n) is 11.8. The standard InChI is InChI=1S/C25H29Cl2F2N3O4S/c1-16(25(34)30-17-7-4-3-5-8-17)31(14-19-20(26)9-6-10-21(19)27)24(33)15-32(37(2,35)36)18-11-12-22(28)23(29)13-18/h6,9-13,16-17H,3-5,7-8,14-15H2,1-2H3,(H,30,34). The Morgan fingerprint density at radius 1 is 1.05 bits per heavy atom. The van der Waals surface area contributed by atoms with Gasteiger partial charge in [0.2, 0.25) is 21.8 Å². The van der Waals surface area contributed by atoms with E-state index >= 15 is 0 Å². The van der Waals surface area contributed by atoms with Crippen molar-refractivity contribution in [2.75, 3.05) is 17.1 Å². The van der Waals surface area contributed by atoms with Crippen molar-refractivity contribution in [2.24, 2.45) is 0 Å². The Morgan fingerprint density at radius 2 is 1.68 bits per heavy atom. The first kappa shape index (κ1) is 29.1. The maximum absolute atomic E-state index is 13.9. The average molecular weight is 576 g/mol. The molecule has 3 rings (SSSR count). The summed E-state index contributed by atoms with van der Waals surface area (Å²) in [5.74, 6) is -3.58. The molecule has 1 N–H and O–H groups in total. The predicted octanol–water partition coefficient (Wildman–Crippen LogP) is 4.90. The Kier molecular flexibility index (Phi) is 9.77. The van der Waals surface area contributed by atoms with Crippen LogP contribution in [0.4, 0.5) is 14.5 Å². The van der Waals surface area contributed by atoms with Crippen LogP contribution in [0.15, 0.2) is 36.4 Å². The Balaban J connectivity index is 1.93. The van der Waals surface area contributed by atoms with Crippen LogP contribution in [0, 0.1) is 11.6 Å². The molecule has 0 aliphatic heterocycles. The Morgan fingerprint density at radius 3 is 2.24 bits per heavy atom. The molecule has 12 heteroatoms. The van der Waals surface area contributed by atoms with E-state index in [4.69, 9.17) is 23.2 Å². The van der Waals surface area contributed by atoms with Gasteiger partial charge in [0, 0.05) is 34.3 Å². The van der Waals surface area contributed by atoms with Crippen LogP contribution in [0.3, 0.4) is 0 Å². The maximum Gasteiger partial charge on any atom is 0.244 e. The second-order valence-corrected chi connectivity index (χ2v) is 11.8. The van der Waals surface area contributed by atoms with Crippen LogP contribution >= 0.6 is 23.2 Å². The zero-order chi connectivity index (χ0) is 27.3.